The summed E-state index contributed by atoms with van der Waals surface area (Å²) in [5.74, 6) is 0. The van der Waals surface area contributed by atoms with Crippen LogP contribution in [0.25, 0.3) is 0 Å². The van der Waals surface area contributed by atoms with Gasteiger partial charge in [-0.3, -0.25) is 0 Å². The molecule has 0 bridgehead atoms. The predicted molar refractivity (Wildman–Crippen MR) is 46.7 cm³/mol. The lowest BCUT2D eigenvalue weighted by Crippen LogP contribution is -1.91. The number of pyridine rings is 1. The first kappa shape index (κ1) is 8.56. The van der Waals surface area contributed by atoms with Gasteiger partial charge in [0.25, 0.3) is 0 Å². The Kier molecular flexibility index (Phi) is 2.91. The largest absolute Gasteiger partial charge is 0.389 e. The Balaban J connectivity index is 2.91. The van der Waals surface area contributed by atoms with Crippen LogP contribution in [-0.2, 0) is 0 Å². The number of hydrogen-bond acceptors (Lipinski definition) is 3. The van der Waals surface area contributed by atoms with E-state index in [-0.39, 0.29) is 0 Å². The van der Waals surface area contributed by atoms with Gasteiger partial charge in [0.2, 0.25) is 0 Å². The van der Waals surface area contributed by atoms with Gasteiger partial charge in [0.05, 0.1) is 11.1 Å². The number of aliphatic hydroxyl groups is 1. The molecule has 2 nitrogen and oxygen atoms in total. The van der Waals surface area contributed by atoms with E-state index >= 15 is 0 Å². The predicted octanol–water partition coefficient (Wildman–Crippen LogP) is 1.86. The molecule has 1 aromatic rings. The highest BCUT2D eigenvalue weighted by atomic mass is 32.2. The third-order valence-electron chi connectivity index (χ3n) is 1.45. The molecular formula is C8H11NOS. The zero-order valence-electron chi connectivity index (χ0n) is 6.61. The van der Waals surface area contributed by atoms with Crippen molar-refractivity contribution in [3.05, 3.63) is 23.9 Å². The van der Waals surface area contributed by atoms with Crippen LogP contribution in [0.4, 0.5) is 0 Å². The van der Waals surface area contributed by atoms with Crippen LogP contribution in [0.3, 0.4) is 0 Å². The molecule has 0 aliphatic rings. The second kappa shape index (κ2) is 3.74. The Hall–Kier alpha value is -0.540. The van der Waals surface area contributed by atoms with Gasteiger partial charge in [-0.05, 0) is 30.9 Å². The van der Waals surface area contributed by atoms with Crippen LogP contribution in [0.15, 0.2) is 23.4 Å². The summed E-state index contributed by atoms with van der Waals surface area (Å²) in [5, 5.41) is 10.2. The van der Waals surface area contributed by atoms with Gasteiger partial charge in [0.1, 0.15) is 0 Å². The first-order valence-electron chi connectivity index (χ1n) is 3.42. The van der Waals surface area contributed by atoms with E-state index in [1.807, 2.05) is 18.4 Å². The molecule has 1 N–H and O–H groups in total. The fourth-order valence-electron chi connectivity index (χ4n) is 0.796. The SMILES string of the molecule is CSc1cc(C(C)O)ccn1. The topological polar surface area (TPSA) is 33.1 Å². The Labute approximate surface area is 70.7 Å². The molecule has 1 aromatic heterocycles. The van der Waals surface area contributed by atoms with Gasteiger partial charge < -0.3 is 5.11 Å². The van der Waals surface area contributed by atoms with Crippen molar-refractivity contribution >= 4 is 11.8 Å². The van der Waals surface area contributed by atoms with Crippen molar-refractivity contribution in [2.75, 3.05) is 6.26 Å². The lowest BCUT2D eigenvalue weighted by molar-refractivity contribution is 0.199. The molecule has 0 aromatic carbocycles. The van der Waals surface area contributed by atoms with Crippen molar-refractivity contribution in [3.63, 3.8) is 0 Å². The lowest BCUT2D eigenvalue weighted by Gasteiger charge is -2.04. The minimum absolute atomic E-state index is 0.399. The van der Waals surface area contributed by atoms with E-state index in [4.69, 9.17) is 0 Å². The zero-order chi connectivity index (χ0) is 8.27. The zero-order valence-corrected chi connectivity index (χ0v) is 7.43. The minimum Gasteiger partial charge on any atom is -0.389 e. The standard InChI is InChI=1S/C8H11NOS/c1-6(10)7-3-4-9-8(5-7)11-2/h3-6,10H,1-2H3. The van der Waals surface area contributed by atoms with Crippen LogP contribution in [0.2, 0.25) is 0 Å². The van der Waals surface area contributed by atoms with Crippen molar-refractivity contribution < 1.29 is 5.11 Å². The maximum Gasteiger partial charge on any atom is 0.0960 e. The average Bonchev–Trinajstić information content (AvgIpc) is 2.05. The van der Waals surface area contributed by atoms with E-state index in [0.29, 0.717) is 0 Å². The van der Waals surface area contributed by atoms with Crippen molar-refractivity contribution in [3.8, 4) is 0 Å². The Morgan fingerprint density at radius 3 is 2.91 bits per heavy atom. The summed E-state index contributed by atoms with van der Waals surface area (Å²) in [7, 11) is 0. The van der Waals surface area contributed by atoms with Gasteiger partial charge in [0, 0.05) is 6.20 Å². The third kappa shape index (κ3) is 2.20. The molecular weight excluding hydrogens is 158 g/mol. The van der Waals surface area contributed by atoms with Crippen LogP contribution < -0.4 is 0 Å². The number of thioether (sulfide) groups is 1. The van der Waals surface area contributed by atoms with Gasteiger partial charge in [-0.25, -0.2) is 4.98 Å². The molecule has 0 aliphatic heterocycles. The number of hydrogen-bond donors (Lipinski definition) is 1. The van der Waals surface area contributed by atoms with Crippen LogP contribution in [0.1, 0.15) is 18.6 Å². The maximum atomic E-state index is 9.21. The van der Waals surface area contributed by atoms with Gasteiger partial charge in [0.15, 0.2) is 0 Å². The van der Waals surface area contributed by atoms with Crippen molar-refractivity contribution in [2.45, 2.75) is 18.1 Å². The molecule has 1 atom stereocenters. The summed E-state index contributed by atoms with van der Waals surface area (Å²) in [6.07, 6.45) is 3.28. The second-order valence-electron chi connectivity index (χ2n) is 2.31. The summed E-state index contributed by atoms with van der Waals surface area (Å²) in [4.78, 5) is 4.09. The monoisotopic (exact) mass is 169 g/mol. The summed E-state index contributed by atoms with van der Waals surface area (Å²) in [6, 6.07) is 3.72. The van der Waals surface area contributed by atoms with E-state index in [1.54, 1.807) is 24.9 Å². The van der Waals surface area contributed by atoms with Gasteiger partial charge >= 0.3 is 0 Å². The summed E-state index contributed by atoms with van der Waals surface area (Å²) >= 11 is 1.58. The quantitative estimate of drug-likeness (QED) is 0.686. The molecule has 1 unspecified atom stereocenters. The number of aromatic nitrogens is 1. The third-order valence-corrected chi connectivity index (χ3v) is 2.09. The number of aliphatic hydroxyl groups excluding tert-OH is 1. The lowest BCUT2D eigenvalue weighted by atomic mass is 10.2. The molecule has 0 fully saturated rings. The molecule has 0 amide bonds. The van der Waals surface area contributed by atoms with E-state index in [2.05, 4.69) is 4.98 Å². The van der Waals surface area contributed by atoms with Gasteiger partial charge in [-0.2, -0.15) is 0 Å². The highest BCUT2D eigenvalue weighted by Gasteiger charge is 2.00. The highest BCUT2D eigenvalue weighted by molar-refractivity contribution is 7.98. The fraction of sp³-hybridized carbons (Fsp3) is 0.375. The molecule has 0 spiro atoms. The molecule has 0 saturated heterocycles. The van der Waals surface area contributed by atoms with E-state index < -0.39 is 6.10 Å². The van der Waals surface area contributed by atoms with Gasteiger partial charge in [-0.15, -0.1) is 11.8 Å². The Morgan fingerprint density at radius 2 is 2.36 bits per heavy atom. The minimum atomic E-state index is -0.399. The normalized spacial score (nSPS) is 13.0. The Bertz CT molecular complexity index is 237. The molecule has 1 heterocycles. The fourth-order valence-corrected chi connectivity index (χ4v) is 1.22. The van der Waals surface area contributed by atoms with Crippen molar-refractivity contribution in [1.29, 1.82) is 0 Å². The van der Waals surface area contributed by atoms with Crippen LogP contribution >= 0.6 is 11.8 Å². The molecule has 1 rings (SSSR count). The van der Waals surface area contributed by atoms with E-state index in [0.717, 1.165) is 10.6 Å². The van der Waals surface area contributed by atoms with Crippen molar-refractivity contribution in [2.24, 2.45) is 0 Å². The molecule has 3 heteroatoms. The molecule has 0 aliphatic carbocycles. The van der Waals surface area contributed by atoms with Crippen LogP contribution in [0, 0.1) is 0 Å². The van der Waals surface area contributed by atoms with Crippen molar-refractivity contribution in [1.82, 2.24) is 4.98 Å². The van der Waals surface area contributed by atoms with Crippen LogP contribution in [-0.4, -0.2) is 16.3 Å². The summed E-state index contributed by atoms with van der Waals surface area (Å²) < 4.78 is 0. The second-order valence-corrected chi connectivity index (χ2v) is 3.13. The Morgan fingerprint density at radius 1 is 1.64 bits per heavy atom. The number of rotatable bonds is 2. The average molecular weight is 169 g/mol. The first-order valence-corrected chi connectivity index (χ1v) is 4.64. The van der Waals surface area contributed by atoms with Crippen LogP contribution in [0.5, 0.6) is 0 Å². The summed E-state index contributed by atoms with van der Waals surface area (Å²) in [5.41, 5.74) is 0.921. The highest BCUT2D eigenvalue weighted by Crippen LogP contribution is 2.17. The van der Waals surface area contributed by atoms with E-state index in [1.165, 1.54) is 0 Å². The molecule has 0 saturated carbocycles. The van der Waals surface area contributed by atoms with E-state index in [9.17, 15) is 5.11 Å². The van der Waals surface area contributed by atoms with Gasteiger partial charge in [-0.1, -0.05) is 0 Å². The number of nitrogens with zero attached hydrogens (tertiary/aromatic N) is 1. The maximum absolute atomic E-state index is 9.21. The molecule has 0 radical (unpaired) electrons. The molecule has 11 heavy (non-hydrogen) atoms. The smallest absolute Gasteiger partial charge is 0.0960 e. The molecule has 60 valence electrons. The first-order chi connectivity index (χ1) is 5.24. The summed E-state index contributed by atoms with van der Waals surface area (Å²) in [6.45, 7) is 1.75.